The molecule has 2 heteroatoms. The second-order valence-corrected chi connectivity index (χ2v) is 3.13. The highest BCUT2D eigenvalue weighted by Crippen LogP contribution is 2.20. The number of rotatable bonds is 0. The van der Waals surface area contributed by atoms with E-state index in [1.54, 1.807) is 12.4 Å². The second kappa shape index (κ2) is 2.77. The largest absolute Gasteiger partial charge is 0.254 e. The quantitative estimate of drug-likeness (QED) is 0.496. The Morgan fingerprint density at radius 3 is 2.86 bits per heavy atom. The van der Waals surface area contributed by atoms with E-state index in [1.807, 2.05) is 30.3 Å². The van der Waals surface area contributed by atoms with Gasteiger partial charge in [0, 0.05) is 23.2 Å². The van der Waals surface area contributed by atoms with E-state index in [0.717, 1.165) is 21.8 Å². The van der Waals surface area contributed by atoms with Gasteiger partial charge in [-0.05, 0) is 18.2 Å². The average molecular weight is 179 g/mol. The van der Waals surface area contributed by atoms with E-state index >= 15 is 0 Å². The molecule has 14 heavy (non-hydrogen) atoms. The average Bonchev–Trinajstić information content (AvgIpc) is 2.29. The summed E-state index contributed by atoms with van der Waals surface area (Å²) < 4.78 is 0. The van der Waals surface area contributed by atoms with Crippen LogP contribution in [0.1, 0.15) is 0 Å². The lowest BCUT2D eigenvalue weighted by Crippen LogP contribution is -1.83. The Morgan fingerprint density at radius 2 is 1.86 bits per heavy atom. The molecular weight excluding hydrogens is 172 g/mol. The van der Waals surface area contributed by atoms with E-state index < -0.39 is 0 Å². The molecule has 65 valence electrons. The van der Waals surface area contributed by atoms with Crippen molar-refractivity contribution >= 4 is 21.8 Å². The Kier molecular flexibility index (Phi) is 1.47. The van der Waals surface area contributed by atoms with Crippen LogP contribution in [0.15, 0.2) is 42.7 Å². The number of fused-ring (bicyclic) bond motifs is 3. The summed E-state index contributed by atoms with van der Waals surface area (Å²) in [5, 5.41) is 2.13. The summed E-state index contributed by atoms with van der Waals surface area (Å²) in [4.78, 5) is 8.64. The van der Waals surface area contributed by atoms with Crippen LogP contribution < -0.4 is 0 Å². The Labute approximate surface area is 81.2 Å². The Hall–Kier alpha value is -1.96. The molecule has 2 heterocycles. The van der Waals surface area contributed by atoms with Gasteiger partial charge in [-0.1, -0.05) is 18.2 Å². The van der Waals surface area contributed by atoms with Crippen molar-refractivity contribution < 1.29 is 0 Å². The van der Waals surface area contributed by atoms with Gasteiger partial charge in [-0.15, -0.1) is 0 Å². The fourth-order valence-corrected chi connectivity index (χ4v) is 1.62. The smallest absolute Gasteiger partial charge is 0.0970 e. The third-order valence-electron chi connectivity index (χ3n) is 2.26. The lowest BCUT2D eigenvalue weighted by molar-refractivity contribution is 1.37. The highest BCUT2D eigenvalue weighted by Gasteiger charge is 2.00. The Balaban J connectivity index is 2.61. The lowest BCUT2D eigenvalue weighted by atomic mass is 10.1. The van der Waals surface area contributed by atoms with Gasteiger partial charge in [0.25, 0.3) is 0 Å². The molecule has 3 aromatic rings. The van der Waals surface area contributed by atoms with Crippen LogP contribution in [0.3, 0.4) is 0 Å². The molecule has 0 saturated heterocycles. The molecule has 0 amide bonds. The van der Waals surface area contributed by atoms with Crippen molar-refractivity contribution in [3.05, 3.63) is 48.8 Å². The number of pyridine rings is 2. The van der Waals surface area contributed by atoms with E-state index in [0.29, 0.717) is 0 Å². The molecule has 2 nitrogen and oxygen atoms in total. The van der Waals surface area contributed by atoms with Crippen molar-refractivity contribution in [2.24, 2.45) is 0 Å². The van der Waals surface area contributed by atoms with Crippen LogP contribution in [0.4, 0.5) is 0 Å². The maximum Gasteiger partial charge on any atom is 0.0970 e. The van der Waals surface area contributed by atoms with Crippen molar-refractivity contribution in [2.45, 2.75) is 0 Å². The van der Waals surface area contributed by atoms with Crippen LogP contribution in [0.25, 0.3) is 21.8 Å². The Morgan fingerprint density at radius 1 is 0.929 bits per heavy atom. The molecule has 0 unspecified atom stereocenters. The van der Waals surface area contributed by atoms with Crippen LogP contribution >= 0.6 is 0 Å². The van der Waals surface area contributed by atoms with Crippen LogP contribution in [0.5, 0.6) is 0 Å². The zero-order valence-electron chi connectivity index (χ0n) is 7.44. The topological polar surface area (TPSA) is 25.8 Å². The fraction of sp³-hybridized carbons (Fsp3) is 0. The molecule has 1 radical (unpaired) electrons. The molecule has 0 bridgehead atoms. The molecule has 0 saturated carbocycles. The highest BCUT2D eigenvalue weighted by atomic mass is 14.7. The first-order valence-electron chi connectivity index (χ1n) is 4.45. The second-order valence-electron chi connectivity index (χ2n) is 3.13. The summed E-state index contributed by atoms with van der Waals surface area (Å²) in [7, 11) is 0. The van der Waals surface area contributed by atoms with Gasteiger partial charge in [-0.25, -0.2) is 0 Å². The van der Waals surface area contributed by atoms with Crippen LogP contribution in [-0.4, -0.2) is 9.97 Å². The standard InChI is InChI=1S/C12H7N2/c1-3-9-5-6-10-4-2-8-14-12(10)11(9)13-7-1/h1-3,5-8H. The summed E-state index contributed by atoms with van der Waals surface area (Å²) >= 11 is 0. The van der Waals surface area contributed by atoms with Crippen molar-refractivity contribution in [1.29, 1.82) is 0 Å². The van der Waals surface area contributed by atoms with E-state index in [4.69, 9.17) is 0 Å². The van der Waals surface area contributed by atoms with Gasteiger partial charge in [0.05, 0.1) is 11.0 Å². The summed E-state index contributed by atoms with van der Waals surface area (Å²) in [6.45, 7) is 0. The van der Waals surface area contributed by atoms with Gasteiger partial charge in [-0.3, -0.25) is 9.97 Å². The summed E-state index contributed by atoms with van der Waals surface area (Å²) in [5.41, 5.74) is 1.87. The van der Waals surface area contributed by atoms with Gasteiger partial charge >= 0.3 is 0 Å². The van der Waals surface area contributed by atoms with Crippen molar-refractivity contribution in [3.8, 4) is 0 Å². The molecule has 0 N–H and O–H groups in total. The number of aromatic nitrogens is 2. The maximum absolute atomic E-state index is 4.33. The minimum absolute atomic E-state index is 0.922. The summed E-state index contributed by atoms with van der Waals surface area (Å²) in [6, 6.07) is 13.0. The van der Waals surface area contributed by atoms with Gasteiger partial charge in [-0.2, -0.15) is 0 Å². The number of benzene rings is 1. The summed E-state index contributed by atoms with van der Waals surface area (Å²) in [6.07, 6.45) is 3.53. The first-order chi connectivity index (χ1) is 6.95. The maximum atomic E-state index is 4.33. The third-order valence-corrected chi connectivity index (χ3v) is 2.26. The number of nitrogens with zero attached hydrogens (tertiary/aromatic N) is 2. The highest BCUT2D eigenvalue weighted by molar-refractivity contribution is 6.02. The third kappa shape index (κ3) is 0.973. The normalized spacial score (nSPS) is 10.9. The monoisotopic (exact) mass is 179 g/mol. The first kappa shape index (κ1) is 7.44. The zero-order valence-corrected chi connectivity index (χ0v) is 7.44. The molecule has 0 fully saturated rings. The SMILES string of the molecule is [c]1ccnc2c1ccc1cccnc12. The van der Waals surface area contributed by atoms with Crippen molar-refractivity contribution in [1.82, 2.24) is 9.97 Å². The van der Waals surface area contributed by atoms with E-state index in [9.17, 15) is 0 Å². The minimum Gasteiger partial charge on any atom is -0.254 e. The van der Waals surface area contributed by atoms with Gasteiger partial charge in [0.1, 0.15) is 0 Å². The lowest BCUT2D eigenvalue weighted by Gasteiger charge is -1.99. The molecule has 2 aromatic heterocycles. The molecule has 0 atom stereocenters. The Bertz CT molecular complexity index is 547. The molecule has 0 aliphatic rings. The molecular formula is C12H7N2. The van der Waals surface area contributed by atoms with Crippen molar-refractivity contribution in [2.75, 3.05) is 0 Å². The zero-order chi connectivity index (χ0) is 9.38. The number of hydrogen-bond donors (Lipinski definition) is 0. The van der Waals surface area contributed by atoms with Crippen molar-refractivity contribution in [3.63, 3.8) is 0 Å². The predicted octanol–water partition coefficient (Wildman–Crippen LogP) is 2.58. The van der Waals surface area contributed by atoms with Crippen LogP contribution in [0.2, 0.25) is 0 Å². The van der Waals surface area contributed by atoms with Crippen LogP contribution in [-0.2, 0) is 0 Å². The van der Waals surface area contributed by atoms with E-state index in [2.05, 4.69) is 16.0 Å². The molecule has 3 rings (SSSR count). The molecule has 1 aromatic carbocycles. The van der Waals surface area contributed by atoms with Gasteiger partial charge < -0.3 is 0 Å². The van der Waals surface area contributed by atoms with Gasteiger partial charge in [0.15, 0.2) is 0 Å². The summed E-state index contributed by atoms with van der Waals surface area (Å²) in [5.74, 6) is 0. The van der Waals surface area contributed by atoms with Crippen LogP contribution in [0, 0.1) is 6.07 Å². The molecule has 0 aliphatic heterocycles. The predicted molar refractivity (Wildman–Crippen MR) is 55.9 cm³/mol. The fourth-order valence-electron chi connectivity index (χ4n) is 1.62. The minimum atomic E-state index is 0.922. The first-order valence-corrected chi connectivity index (χ1v) is 4.45. The van der Waals surface area contributed by atoms with Gasteiger partial charge in [0.2, 0.25) is 0 Å². The van der Waals surface area contributed by atoms with E-state index in [-0.39, 0.29) is 0 Å². The van der Waals surface area contributed by atoms with E-state index in [1.165, 1.54) is 0 Å². The molecule has 0 spiro atoms. The molecule has 0 aliphatic carbocycles. The number of hydrogen-bond acceptors (Lipinski definition) is 2.